The zero-order valence-electron chi connectivity index (χ0n) is 10.1. The van der Waals surface area contributed by atoms with E-state index in [0.717, 1.165) is 30.4 Å². The summed E-state index contributed by atoms with van der Waals surface area (Å²) in [7, 11) is 0. The molecule has 0 amide bonds. The number of carbonyl (C=O) groups is 1. The summed E-state index contributed by atoms with van der Waals surface area (Å²) in [5.74, 6) is 0.564. The molecule has 0 spiro atoms. The molecule has 0 radical (unpaired) electrons. The molecule has 17 heavy (non-hydrogen) atoms. The van der Waals surface area contributed by atoms with Gasteiger partial charge in [-0.3, -0.25) is 4.79 Å². The van der Waals surface area contributed by atoms with E-state index >= 15 is 0 Å². The maximum Gasteiger partial charge on any atom is 0.152 e. The minimum Gasteiger partial charge on any atom is -0.376 e. The fourth-order valence-corrected chi connectivity index (χ4v) is 3.21. The summed E-state index contributed by atoms with van der Waals surface area (Å²) in [6.45, 7) is 1.38. The van der Waals surface area contributed by atoms with Crippen LogP contribution >= 0.6 is 0 Å². The molecule has 0 aromatic carbocycles. The quantitative estimate of drug-likeness (QED) is 0.798. The lowest BCUT2D eigenvalue weighted by Crippen LogP contribution is -2.09. The van der Waals surface area contributed by atoms with Crippen LogP contribution in [-0.2, 0) is 17.8 Å². The Morgan fingerprint density at radius 1 is 1.24 bits per heavy atom. The molecule has 1 aromatic rings. The monoisotopic (exact) mass is 233 g/mol. The Bertz CT molecular complexity index is 416. The van der Waals surface area contributed by atoms with Gasteiger partial charge >= 0.3 is 0 Å². The molecule has 3 nitrogen and oxygen atoms in total. The van der Waals surface area contributed by atoms with Crippen molar-refractivity contribution >= 4 is 6.29 Å². The third-order valence-electron chi connectivity index (χ3n) is 4.14. The summed E-state index contributed by atoms with van der Waals surface area (Å²) in [6, 6.07) is 0. The average Bonchev–Trinajstić information content (AvgIpc) is 2.78. The zero-order valence-corrected chi connectivity index (χ0v) is 10.1. The van der Waals surface area contributed by atoms with E-state index in [0.29, 0.717) is 12.5 Å². The lowest BCUT2D eigenvalue weighted by molar-refractivity contribution is 0.105. The summed E-state index contributed by atoms with van der Waals surface area (Å²) in [5, 5.41) is 0. The van der Waals surface area contributed by atoms with Crippen molar-refractivity contribution in [1.29, 1.82) is 0 Å². The number of H-pyrrole nitrogens is 1. The van der Waals surface area contributed by atoms with Crippen LogP contribution in [0.15, 0.2) is 0 Å². The third kappa shape index (κ3) is 1.93. The van der Waals surface area contributed by atoms with Crippen molar-refractivity contribution in [3.63, 3.8) is 0 Å². The van der Waals surface area contributed by atoms with Crippen LogP contribution in [0.4, 0.5) is 0 Å². The summed E-state index contributed by atoms with van der Waals surface area (Å²) in [4.78, 5) is 14.8. The summed E-state index contributed by atoms with van der Waals surface area (Å²) in [6.07, 6.45) is 8.32. The van der Waals surface area contributed by atoms with Crippen molar-refractivity contribution in [3.8, 4) is 0 Å². The first-order chi connectivity index (χ1) is 8.40. The van der Waals surface area contributed by atoms with Gasteiger partial charge in [-0.1, -0.05) is 19.3 Å². The number of nitrogens with one attached hydrogen (secondary N) is 1. The Morgan fingerprint density at radius 3 is 2.82 bits per heavy atom. The third-order valence-corrected chi connectivity index (χ3v) is 4.14. The molecule has 1 saturated carbocycles. The van der Waals surface area contributed by atoms with E-state index in [1.54, 1.807) is 0 Å². The predicted molar refractivity (Wildman–Crippen MR) is 65.4 cm³/mol. The van der Waals surface area contributed by atoms with Gasteiger partial charge in [0.1, 0.15) is 0 Å². The normalized spacial score (nSPS) is 21.2. The highest BCUT2D eigenvalue weighted by molar-refractivity contribution is 5.80. The Labute approximate surface area is 102 Å². The number of aromatic amines is 1. The van der Waals surface area contributed by atoms with E-state index in [-0.39, 0.29) is 0 Å². The lowest BCUT2D eigenvalue weighted by Gasteiger charge is -2.21. The highest BCUT2D eigenvalue weighted by Crippen LogP contribution is 2.36. The first-order valence-electron chi connectivity index (χ1n) is 6.66. The molecule has 1 fully saturated rings. The van der Waals surface area contributed by atoms with Crippen LogP contribution in [0, 0.1) is 0 Å². The number of aldehydes is 1. The van der Waals surface area contributed by atoms with Gasteiger partial charge in [-0.05, 0) is 18.8 Å². The minimum atomic E-state index is 0.564. The topological polar surface area (TPSA) is 42.1 Å². The van der Waals surface area contributed by atoms with Crippen LogP contribution in [0.3, 0.4) is 0 Å². The van der Waals surface area contributed by atoms with Crippen molar-refractivity contribution in [3.05, 3.63) is 22.5 Å². The Balaban J connectivity index is 1.97. The fraction of sp³-hybridized carbons (Fsp3) is 0.643. The Morgan fingerprint density at radius 2 is 2.06 bits per heavy atom. The van der Waals surface area contributed by atoms with Crippen molar-refractivity contribution in [2.75, 3.05) is 6.61 Å². The number of carbonyl (C=O) groups excluding carboxylic acids is 1. The van der Waals surface area contributed by atoms with Gasteiger partial charge < -0.3 is 9.72 Å². The maximum absolute atomic E-state index is 11.3. The van der Waals surface area contributed by atoms with Crippen LogP contribution < -0.4 is 0 Å². The highest BCUT2D eigenvalue weighted by atomic mass is 16.5. The van der Waals surface area contributed by atoms with Crippen LogP contribution in [0.25, 0.3) is 0 Å². The molecular weight excluding hydrogens is 214 g/mol. The van der Waals surface area contributed by atoms with E-state index in [2.05, 4.69) is 4.98 Å². The maximum atomic E-state index is 11.3. The molecule has 1 aliphatic heterocycles. The lowest BCUT2D eigenvalue weighted by atomic mass is 9.85. The van der Waals surface area contributed by atoms with Crippen molar-refractivity contribution in [2.24, 2.45) is 0 Å². The van der Waals surface area contributed by atoms with E-state index in [1.165, 1.54) is 43.5 Å². The standard InChI is InChI=1S/C14H19NO2/c16-8-11-12-9-17-7-6-13(12)15-14(11)10-4-2-1-3-5-10/h8,10,15H,1-7,9H2. The number of fused-ring (bicyclic) bond motifs is 1. The van der Waals surface area contributed by atoms with Crippen LogP contribution in [0.1, 0.15) is 65.3 Å². The zero-order chi connectivity index (χ0) is 11.7. The van der Waals surface area contributed by atoms with E-state index in [4.69, 9.17) is 4.74 Å². The second kappa shape index (κ2) is 4.65. The molecular formula is C14H19NO2. The molecule has 0 unspecified atom stereocenters. The van der Waals surface area contributed by atoms with Gasteiger partial charge in [0.15, 0.2) is 6.29 Å². The van der Waals surface area contributed by atoms with E-state index < -0.39 is 0 Å². The number of hydrogen-bond donors (Lipinski definition) is 1. The molecule has 1 N–H and O–H groups in total. The second-order valence-electron chi connectivity index (χ2n) is 5.16. The first-order valence-corrected chi connectivity index (χ1v) is 6.66. The first kappa shape index (κ1) is 11.0. The summed E-state index contributed by atoms with van der Waals surface area (Å²) >= 11 is 0. The van der Waals surface area contributed by atoms with Crippen LogP contribution in [0.5, 0.6) is 0 Å². The average molecular weight is 233 g/mol. The van der Waals surface area contributed by atoms with Crippen molar-refractivity contribution in [1.82, 2.24) is 4.98 Å². The molecule has 2 heterocycles. The van der Waals surface area contributed by atoms with Gasteiger partial charge in [0.2, 0.25) is 0 Å². The number of rotatable bonds is 2. The van der Waals surface area contributed by atoms with Gasteiger partial charge in [-0.25, -0.2) is 0 Å². The SMILES string of the molecule is O=Cc1c(C2CCCCC2)[nH]c2c1COCC2. The van der Waals surface area contributed by atoms with Crippen molar-refractivity contribution < 1.29 is 9.53 Å². The molecule has 1 aromatic heterocycles. The molecule has 0 bridgehead atoms. The number of ether oxygens (including phenoxy) is 1. The molecule has 0 atom stereocenters. The smallest absolute Gasteiger partial charge is 0.152 e. The molecule has 3 heteroatoms. The van der Waals surface area contributed by atoms with Crippen LogP contribution in [0.2, 0.25) is 0 Å². The molecule has 1 aliphatic carbocycles. The second-order valence-corrected chi connectivity index (χ2v) is 5.16. The van der Waals surface area contributed by atoms with Gasteiger partial charge in [-0.15, -0.1) is 0 Å². The fourth-order valence-electron chi connectivity index (χ4n) is 3.21. The van der Waals surface area contributed by atoms with Crippen LogP contribution in [-0.4, -0.2) is 17.9 Å². The van der Waals surface area contributed by atoms with Gasteiger partial charge in [0.25, 0.3) is 0 Å². The van der Waals surface area contributed by atoms with Gasteiger partial charge in [0.05, 0.1) is 13.2 Å². The largest absolute Gasteiger partial charge is 0.376 e. The van der Waals surface area contributed by atoms with Gasteiger partial charge in [-0.2, -0.15) is 0 Å². The van der Waals surface area contributed by atoms with E-state index in [1.807, 2.05) is 0 Å². The number of aromatic nitrogens is 1. The number of hydrogen-bond acceptors (Lipinski definition) is 2. The molecule has 3 rings (SSSR count). The summed E-state index contributed by atoms with van der Waals surface area (Å²) in [5.41, 5.74) is 4.44. The molecule has 92 valence electrons. The Hall–Kier alpha value is -1.09. The molecule has 0 saturated heterocycles. The minimum absolute atomic E-state index is 0.564. The molecule has 2 aliphatic rings. The van der Waals surface area contributed by atoms with Gasteiger partial charge in [0, 0.05) is 28.9 Å². The van der Waals surface area contributed by atoms with E-state index in [9.17, 15) is 4.79 Å². The Kier molecular flexibility index (Phi) is 3.02. The summed E-state index contributed by atoms with van der Waals surface area (Å²) < 4.78 is 5.46. The van der Waals surface area contributed by atoms with Crippen molar-refractivity contribution in [2.45, 2.75) is 51.0 Å². The predicted octanol–water partition coefficient (Wildman–Crippen LogP) is 2.95. The highest BCUT2D eigenvalue weighted by Gasteiger charge is 2.25.